The molecule has 2 aliphatic heterocycles. The van der Waals surface area contributed by atoms with Gasteiger partial charge in [-0.05, 0) is 44.2 Å². The van der Waals surface area contributed by atoms with Crippen molar-refractivity contribution in [2.45, 2.75) is 88.9 Å². The van der Waals surface area contributed by atoms with E-state index in [9.17, 15) is 14.4 Å². The van der Waals surface area contributed by atoms with Crippen LogP contribution in [0.5, 0.6) is 0 Å². The molecule has 2 aliphatic carbocycles. The van der Waals surface area contributed by atoms with Crippen LogP contribution in [0, 0.1) is 0 Å². The lowest BCUT2D eigenvalue weighted by Crippen LogP contribution is -2.71. The average Bonchev–Trinajstić information content (AvgIpc) is 3.32. The van der Waals surface area contributed by atoms with Crippen LogP contribution in [0.3, 0.4) is 0 Å². The summed E-state index contributed by atoms with van der Waals surface area (Å²) in [4.78, 5) is 53.0. The predicted molar refractivity (Wildman–Crippen MR) is 151 cm³/mol. The van der Waals surface area contributed by atoms with Crippen LogP contribution in [0.1, 0.15) is 82.3 Å². The number of carbonyl (C=O) groups excluding carboxylic acids is 3. The fourth-order valence-electron chi connectivity index (χ4n) is 6.31. The van der Waals surface area contributed by atoms with Crippen LogP contribution in [0.4, 0.5) is 4.79 Å². The zero-order valence-corrected chi connectivity index (χ0v) is 23.0. The number of amidine groups is 1. The van der Waals surface area contributed by atoms with Gasteiger partial charge in [0.2, 0.25) is 5.91 Å². The fourth-order valence-corrected chi connectivity index (χ4v) is 6.31. The summed E-state index contributed by atoms with van der Waals surface area (Å²) >= 11 is 0. The number of nitrogens with zero attached hydrogens (tertiary/aromatic N) is 4. The zero-order chi connectivity index (χ0) is 27.4. The Hall–Kier alpha value is -3.33. The Morgan fingerprint density at radius 2 is 1.67 bits per heavy atom. The SMILES string of the molecule is COCCNC(=O)/C=C/c1ccc(C2=NC3(C)C(=N2)C(=O)N(C2CCCCC2)C(=O)N3C2CCCCC2)cc1. The standard InChI is InChI=1S/C30H39N5O4/c1-30-26(32-27(33-30)22-16-13-21(14-17-22)15-18-25(36)31-19-20-39-2)28(37)34(23-9-5-3-6-10-23)29(38)35(30)24-11-7-4-8-12-24/h13-18,23-24H,3-12,19-20H2,1-2H3,(H,31,36)/b18-15+. The predicted octanol–water partition coefficient (Wildman–Crippen LogP) is 4.31. The third-order valence-electron chi connectivity index (χ3n) is 8.37. The van der Waals surface area contributed by atoms with Crippen molar-refractivity contribution < 1.29 is 19.1 Å². The molecule has 0 spiro atoms. The van der Waals surface area contributed by atoms with Gasteiger partial charge in [-0.15, -0.1) is 0 Å². The van der Waals surface area contributed by atoms with E-state index in [4.69, 9.17) is 14.7 Å². The molecule has 208 valence electrons. The molecule has 1 unspecified atom stereocenters. The summed E-state index contributed by atoms with van der Waals surface area (Å²) in [5, 5.41) is 2.75. The first kappa shape index (κ1) is 27.2. The first-order valence-corrected chi connectivity index (χ1v) is 14.3. The van der Waals surface area contributed by atoms with E-state index in [1.165, 1.54) is 17.4 Å². The number of ether oxygens (including phenoxy) is 1. The van der Waals surface area contributed by atoms with Gasteiger partial charge in [-0.2, -0.15) is 0 Å². The van der Waals surface area contributed by atoms with Crippen molar-refractivity contribution in [3.05, 3.63) is 41.5 Å². The molecule has 4 amide bonds. The molecule has 1 aromatic rings. The zero-order valence-electron chi connectivity index (χ0n) is 23.0. The highest BCUT2D eigenvalue weighted by atomic mass is 16.5. The van der Waals surface area contributed by atoms with Crippen molar-refractivity contribution in [1.29, 1.82) is 0 Å². The molecule has 5 rings (SSSR count). The third-order valence-corrected chi connectivity index (χ3v) is 8.37. The molecule has 1 atom stereocenters. The summed E-state index contributed by atoms with van der Waals surface area (Å²) in [6, 6.07) is 7.34. The molecular formula is C30H39N5O4. The maximum atomic E-state index is 14.0. The number of imide groups is 1. The molecule has 1 aromatic carbocycles. The van der Waals surface area contributed by atoms with Gasteiger partial charge in [0.15, 0.2) is 17.2 Å². The molecule has 9 nitrogen and oxygen atoms in total. The van der Waals surface area contributed by atoms with Gasteiger partial charge in [-0.1, -0.05) is 62.8 Å². The normalized spacial score (nSPS) is 24.7. The minimum Gasteiger partial charge on any atom is -0.383 e. The highest BCUT2D eigenvalue weighted by Gasteiger charge is 2.57. The highest BCUT2D eigenvalue weighted by molar-refractivity contribution is 6.49. The summed E-state index contributed by atoms with van der Waals surface area (Å²) in [5.74, 6) is -0.0137. The lowest BCUT2D eigenvalue weighted by molar-refractivity contribution is -0.127. The van der Waals surface area contributed by atoms with E-state index in [-0.39, 0.29) is 29.9 Å². The summed E-state index contributed by atoms with van der Waals surface area (Å²) in [6.07, 6.45) is 13.3. The first-order chi connectivity index (χ1) is 18.9. The Labute approximate surface area is 230 Å². The third kappa shape index (κ3) is 5.55. The molecule has 1 saturated heterocycles. The quantitative estimate of drug-likeness (QED) is 0.397. The van der Waals surface area contributed by atoms with Crippen molar-refractivity contribution in [2.75, 3.05) is 20.3 Å². The van der Waals surface area contributed by atoms with Crippen molar-refractivity contribution in [1.82, 2.24) is 15.1 Å². The van der Waals surface area contributed by atoms with Crippen LogP contribution in [0.15, 0.2) is 40.3 Å². The van der Waals surface area contributed by atoms with E-state index in [1.54, 1.807) is 13.2 Å². The largest absolute Gasteiger partial charge is 0.383 e. The maximum Gasteiger partial charge on any atom is 0.329 e. The van der Waals surface area contributed by atoms with Crippen LogP contribution < -0.4 is 5.32 Å². The van der Waals surface area contributed by atoms with E-state index < -0.39 is 5.66 Å². The molecule has 9 heteroatoms. The Morgan fingerprint density at radius 3 is 2.31 bits per heavy atom. The molecule has 0 radical (unpaired) electrons. The van der Waals surface area contributed by atoms with Crippen molar-refractivity contribution in [2.24, 2.45) is 9.98 Å². The molecule has 0 bridgehead atoms. The van der Waals surface area contributed by atoms with Crippen LogP contribution in [0.2, 0.25) is 0 Å². The van der Waals surface area contributed by atoms with Gasteiger partial charge >= 0.3 is 6.03 Å². The van der Waals surface area contributed by atoms with Gasteiger partial charge in [-0.3, -0.25) is 19.4 Å². The summed E-state index contributed by atoms with van der Waals surface area (Å²) in [7, 11) is 1.59. The van der Waals surface area contributed by atoms with Gasteiger partial charge in [0.25, 0.3) is 5.91 Å². The van der Waals surface area contributed by atoms with Gasteiger partial charge in [0, 0.05) is 37.4 Å². The topological polar surface area (TPSA) is 104 Å². The molecule has 39 heavy (non-hydrogen) atoms. The Bertz CT molecular complexity index is 1180. The molecule has 2 saturated carbocycles. The van der Waals surface area contributed by atoms with E-state index in [0.29, 0.717) is 24.7 Å². The monoisotopic (exact) mass is 533 g/mol. The Balaban J connectivity index is 1.41. The molecule has 0 aromatic heterocycles. The lowest BCUT2D eigenvalue weighted by Gasteiger charge is -2.50. The second-order valence-corrected chi connectivity index (χ2v) is 11.1. The number of amides is 4. The Kier molecular flexibility index (Phi) is 8.26. The molecule has 3 fully saturated rings. The number of fused-ring (bicyclic) bond motifs is 1. The number of hydrogen-bond acceptors (Lipinski definition) is 6. The minimum absolute atomic E-state index is 0.0475. The summed E-state index contributed by atoms with van der Waals surface area (Å²) in [6.45, 7) is 2.79. The van der Waals surface area contributed by atoms with E-state index in [0.717, 1.165) is 68.9 Å². The Morgan fingerprint density at radius 1 is 1.03 bits per heavy atom. The fraction of sp³-hybridized carbons (Fsp3) is 0.567. The average molecular weight is 534 g/mol. The number of urea groups is 1. The van der Waals surface area contributed by atoms with Crippen LogP contribution in [-0.4, -0.2) is 77.2 Å². The summed E-state index contributed by atoms with van der Waals surface area (Å²) in [5.41, 5.74) is 0.877. The smallest absolute Gasteiger partial charge is 0.329 e. The van der Waals surface area contributed by atoms with E-state index in [1.807, 2.05) is 36.1 Å². The van der Waals surface area contributed by atoms with Crippen molar-refractivity contribution >= 4 is 35.5 Å². The first-order valence-electron chi connectivity index (χ1n) is 14.3. The molecule has 4 aliphatic rings. The molecule has 2 heterocycles. The number of benzene rings is 1. The summed E-state index contributed by atoms with van der Waals surface area (Å²) < 4.78 is 4.94. The number of carbonyl (C=O) groups is 3. The van der Waals surface area contributed by atoms with Gasteiger partial charge in [0.05, 0.1) is 6.61 Å². The van der Waals surface area contributed by atoms with E-state index >= 15 is 0 Å². The van der Waals surface area contributed by atoms with Crippen molar-refractivity contribution in [3.8, 4) is 0 Å². The van der Waals surface area contributed by atoms with Crippen LogP contribution >= 0.6 is 0 Å². The van der Waals surface area contributed by atoms with Gasteiger partial charge in [-0.25, -0.2) is 14.8 Å². The molecule has 1 N–H and O–H groups in total. The number of nitrogens with one attached hydrogen (secondary N) is 1. The molecular weight excluding hydrogens is 494 g/mol. The second-order valence-electron chi connectivity index (χ2n) is 11.1. The van der Waals surface area contributed by atoms with Crippen LogP contribution in [-0.2, 0) is 14.3 Å². The lowest BCUT2D eigenvalue weighted by atomic mass is 9.88. The van der Waals surface area contributed by atoms with Gasteiger partial charge in [0.1, 0.15) is 0 Å². The number of rotatable bonds is 8. The highest BCUT2D eigenvalue weighted by Crippen LogP contribution is 2.40. The van der Waals surface area contributed by atoms with E-state index in [2.05, 4.69) is 5.32 Å². The number of methoxy groups -OCH3 is 1. The van der Waals surface area contributed by atoms with Crippen molar-refractivity contribution in [3.63, 3.8) is 0 Å². The number of aliphatic imine (C=N–C) groups is 2. The maximum absolute atomic E-state index is 14.0. The number of hydrogen-bond donors (Lipinski definition) is 1. The second kappa shape index (κ2) is 11.8. The minimum atomic E-state index is -1.10. The van der Waals surface area contributed by atoms with Gasteiger partial charge < -0.3 is 10.1 Å². The van der Waals surface area contributed by atoms with Crippen LogP contribution in [0.25, 0.3) is 6.08 Å².